The molecule has 0 fully saturated rings. The molecule has 84 valence electrons. The molecule has 0 unspecified atom stereocenters. The van der Waals surface area contributed by atoms with Gasteiger partial charge < -0.3 is 5.32 Å². The van der Waals surface area contributed by atoms with E-state index in [2.05, 4.69) is 12.2 Å². The number of unbranched alkanes of at least 4 members (excludes halogenated alkanes) is 3. The van der Waals surface area contributed by atoms with E-state index in [9.17, 15) is 4.79 Å². The van der Waals surface area contributed by atoms with Crippen molar-refractivity contribution in [1.82, 2.24) is 5.32 Å². The molecule has 0 spiro atoms. The van der Waals surface area contributed by atoms with Crippen LogP contribution in [0, 0.1) is 0 Å². The lowest BCUT2D eigenvalue weighted by Gasteiger charge is -1.93. The lowest BCUT2D eigenvalue weighted by molar-refractivity contribution is -0.115. The molecule has 0 aromatic carbocycles. The monoisotopic (exact) mass is 207 g/mol. The lowest BCUT2D eigenvalue weighted by Crippen LogP contribution is -2.13. The zero-order valence-electron chi connectivity index (χ0n) is 9.70. The Labute approximate surface area is 92.8 Å². The molecule has 0 aliphatic carbocycles. The quantitative estimate of drug-likeness (QED) is 0.387. The van der Waals surface area contributed by atoms with Crippen LogP contribution in [0.2, 0.25) is 0 Å². The maximum absolute atomic E-state index is 11.1. The first-order valence-corrected chi connectivity index (χ1v) is 5.56. The molecule has 0 saturated carbocycles. The van der Waals surface area contributed by atoms with E-state index >= 15 is 0 Å². The Morgan fingerprint density at radius 2 is 2.07 bits per heavy atom. The Bertz CT molecular complexity index is 239. The van der Waals surface area contributed by atoms with Crippen LogP contribution in [0.5, 0.6) is 0 Å². The van der Waals surface area contributed by atoms with Gasteiger partial charge in [-0.05, 0) is 19.8 Å². The van der Waals surface area contributed by atoms with Gasteiger partial charge in [0.05, 0.1) is 0 Å². The average molecular weight is 207 g/mol. The highest BCUT2D eigenvalue weighted by Gasteiger charge is 1.87. The maximum Gasteiger partial charge on any atom is 0.247 e. The Morgan fingerprint density at radius 1 is 1.27 bits per heavy atom. The van der Waals surface area contributed by atoms with Gasteiger partial charge in [0, 0.05) is 12.3 Å². The molecule has 0 aromatic rings. The summed E-state index contributed by atoms with van der Waals surface area (Å²) in [7, 11) is 0. The van der Waals surface area contributed by atoms with Crippen molar-refractivity contribution < 1.29 is 4.79 Å². The Morgan fingerprint density at radius 3 is 2.73 bits per heavy atom. The second-order valence-corrected chi connectivity index (χ2v) is 3.29. The largest absolute Gasteiger partial charge is 0.329 e. The minimum atomic E-state index is -0.0835. The van der Waals surface area contributed by atoms with Crippen molar-refractivity contribution >= 4 is 5.91 Å². The van der Waals surface area contributed by atoms with Crippen LogP contribution >= 0.6 is 0 Å². The first-order chi connectivity index (χ1) is 7.31. The van der Waals surface area contributed by atoms with Gasteiger partial charge in [0.1, 0.15) is 0 Å². The summed E-state index contributed by atoms with van der Waals surface area (Å²) in [6.07, 6.45) is 15.4. The van der Waals surface area contributed by atoms with Gasteiger partial charge in [-0.3, -0.25) is 4.79 Å². The van der Waals surface area contributed by atoms with Crippen molar-refractivity contribution in [2.75, 3.05) is 0 Å². The van der Waals surface area contributed by atoms with Gasteiger partial charge in [-0.25, -0.2) is 0 Å². The molecule has 0 heterocycles. The summed E-state index contributed by atoms with van der Waals surface area (Å²) in [5.74, 6) is -0.0835. The molecule has 15 heavy (non-hydrogen) atoms. The van der Waals surface area contributed by atoms with Crippen LogP contribution in [0.3, 0.4) is 0 Å². The van der Waals surface area contributed by atoms with E-state index in [0.717, 1.165) is 6.42 Å². The van der Waals surface area contributed by atoms with Crippen molar-refractivity contribution in [1.29, 1.82) is 0 Å². The summed E-state index contributed by atoms with van der Waals surface area (Å²) < 4.78 is 0. The third-order valence-electron chi connectivity index (χ3n) is 1.87. The number of amides is 1. The molecular weight excluding hydrogens is 186 g/mol. The minimum absolute atomic E-state index is 0.0835. The molecular formula is C13H21NO. The molecule has 1 amide bonds. The Balaban J connectivity index is 3.53. The second kappa shape index (κ2) is 10.8. The standard InChI is InChI=1S/C13H21NO/c1-3-5-7-8-10-12-14-13(15)11-9-6-4-2/h4,6,9-12H,3,5,7-8H2,1-2H3,(H,14,15)/b6-4+,11-9+,12-10+. The van der Waals surface area contributed by atoms with Crippen molar-refractivity contribution in [3.05, 3.63) is 36.6 Å². The number of hydrogen-bond acceptors (Lipinski definition) is 1. The van der Waals surface area contributed by atoms with Crippen LogP contribution in [0.4, 0.5) is 0 Å². The number of hydrogen-bond donors (Lipinski definition) is 1. The predicted molar refractivity (Wildman–Crippen MR) is 65.4 cm³/mol. The SMILES string of the molecule is C/C=C/C=C/C(=O)N/C=C/CCCCC. The Hall–Kier alpha value is -1.31. The van der Waals surface area contributed by atoms with Gasteiger partial charge in [0.15, 0.2) is 0 Å². The van der Waals surface area contributed by atoms with Gasteiger partial charge in [0.2, 0.25) is 5.91 Å². The minimum Gasteiger partial charge on any atom is -0.329 e. The number of carbonyl (C=O) groups excluding carboxylic acids is 1. The van der Waals surface area contributed by atoms with Gasteiger partial charge in [-0.15, -0.1) is 0 Å². The predicted octanol–water partition coefficient (Wildman–Crippen LogP) is 3.33. The number of rotatable bonds is 7. The molecule has 0 rings (SSSR count). The van der Waals surface area contributed by atoms with Crippen LogP contribution < -0.4 is 5.32 Å². The summed E-state index contributed by atoms with van der Waals surface area (Å²) in [5.41, 5.74) is 0. The highest BCUT2D eigenvalue weighted by molar-refractivity contribution is 5.88. The molecule has 0 saturated heterocycles. The second-order valence-electron chi connectivity index (χ2n) is 3.29. The molecule has 2 heteroatoms. The highest BCUT2D eigenvalue weighted by atomic mass is 16.1. The fourth-order valence-corrected chi connectivity index (χ4v) is 1.04. The lowest BCUT2D eigenvalue weighted by atomic mass is 10.2. The van der Waals surface area contributed by atoms with Crippen LogP contribution in [-0.4, -0.2) is 5.91 Å². The Kier molecular flexibility index (Phi) is 9.83. The average Bonchev–Trinajstić information content (AvgIpc) is 2.23. The van der Waals surface area contributed by atoms with E-state index in [-0.39, 0.29) is 5.91 Å². The summed E-state index contributed by atoms with van der Waals surface area (Å²) in [6.45, 7) is 4.09. The van der Waals surface area contributed by atoms with Gasteiger partial charge in [0.25, 0.3) is 0 Å². The van der Waals surface area contributed by atoms with E-state index in [4.69, 9.17) is 0 Å². The zero-order chi connectivity index (χ0) is 11.4. The third-order valence-corrected chi connectivity index (χ3v) is 1.87. The molecule has 0 aliphatic heterocycles. The van der Waals surface area contributed by atoms with Gasteiger partial charge >= 0.3 is 0 Å². The topological polar surface area (TPSA) is 29.1 Å². The smallest absolute Gasteiger partial charge is 0.247 e. The first kappa shape index (κ1) is 13.7. The van der Waals surface area contributed by atoms with Crippen LogP contribution in [-0.2, 0) is 4.79 Å². The number of allylic oxidation sites excluding steroid dienone is 4. The van der Waals surface area contributed by atoms with Crippen molar-refractivity contribution in [2.45, 2.75) is 39.5 Å². The molecule has 0 bridgehead atoms. The van der Waals surface area contributed by atoms with E-state index in [1.165, 1.54) is 25.3 Å². The fourth-order valence-electron chi connectivity index (χ4n) is 1.04. The summed E-state index contributed by atoms with van der Waals surface area (Å²) in [6, 6.07) is 0. The van der Waals surface area contributed by atoms with E-state index in [0.29, 0.717) is 0 Å². The maximum atomic E-state index is 11.1. The van der Waals surface area contributed by atoms with Crippen molar-refractivity contribution in [3.8, 4) is 0 Å². The highest BCUT2D eigenvalue weighted by Crippen LogP contribution is 1.98. The van der Waals surface area contributed by atoms with Crippen LogP contribution in [0.25, 0.3) is 0 Å². The molecule has 0 radical (unpaired) electrons. The summed E-state index contributed by atoms with van der Waals surface area (Å²) in [4.78, 5) is 11.1. The summed E-state index contributed by atoms with van der Waals surface area (Å²) in [5, 5.41) is 2.68. The summed E-state index contributed by atoms with van der Waals surface area (Å²) >= 11 is 0. The molecule has 0 aromatic heterocycles. The molecule has 2 nitrogen and oxygen atoms in total. The van der Waals surface area contributed by atoms with Crippen LogP contribution in [0.15, 0.2) is 36.6 Å². The molecule has 0 atom stereocenters. The van der Waals surface area contributed by atoms with Crippen LogP contribution in [0.1, 0.15) is 39.5 Å². The zero-order valence-corrected chi connectivity index (χ0v) is 9.70. The van der Waals surface area contributed by atoms with Crippen molar-refractivity contribution in [2.24, 2.45) is 0 Å². The number of nitrogens with one attached hydrogen (secondary N) is 1. The van der Waals surface area contributed by atoms with Gasteiger partial charge in [-0.1, -0.05) is 44.1 Å². The van der Waals surface area contributed by atoms with Gasteiger partial charge in [-0.2, -0.15) is 0 Å². The fraction of sp³-hybridized carbons (Fsp3) is 0.462. The van der Waals surface area contributed by atoms with Crippen molar-refractivity contribution in [3.63, 3.8) is 0 Å². The molecule has 1 N–H and O–H groups in total. The van der Waals surface area contributed by atoms with E-state index in [1.807, 2.05) is 25.2 Å². The van der Waals surface area contributed by atoms with E-state index in [1.54, 1.807) is 12.3 Å². The molecule has 0 aliphatic rings. The normalized spacial score (nSPS) is 11.9. The first-order valence-electron chi connectivity index (χ1n) is 5.56. The third kappa shape index (κ3) is 10.6. The van der Waals surface area contributed by atoms with E-state index < -0.39 is 0 Å². The number of carbonyl (C=O) groups is 1.